The topological polar surface area (TPSA) is 3.24 Å². The van der Waals surface area contributed by atoms with Gasteiger partial charge < -0.3 is 0 Å². The number of alkyl halides is 1. The van der Waals surface area contributed by atoms with Crippen LogP contribution in [-0.4, -0.2) is 30.4 Å². The highest BCUT2D eigenvalue weighted by molar-refractivity contribution is 6.19. The summed E-state index contributed by atoms with van der Waals surface area (Å²) in [5, 5.41) is 0. The molecule has 0 radical (unpaired) electrons. The molecule has 15 heavy (non-hydrogen) atoms. The van der Waals surface area contributed by atoms with Crippen LogP contribution in [0.3, 0.4) is 0 Å². The predicted molar refractivity (Wildman–Crippen MR) is 68.5 cm³/mol. The average Bonchev–Trinajstić information content (AvgIpc) is 2.30. The second kappa shape index (κ2) is 5.91. The Labute approximate surface area is 99.5 Å². The molecule has 1 aliphatic heterocycles. The highest BCUT2D eigenvalue weighted by Crippen LogP contribution is 2.37. The van der Waals surface area contributed by atoms with Gasteiger partial charge in [0.2, 0.25) is 0 Å². The normalized spacial score (nSPS) is 21.5. The minimum atomic E-state index is 0.600. The summed E-state index contributed by atoms with van der Waals surface area (Å²) in [6, 6.07) is 0. The predicted octanol–water partition coefficient (Wildman–Crippen LogP) is 3.68. The third-order valence-corrected chi connectivity index (χ3v) is 4.43. The van der Waals surface area contributed by atoms with E-state index in [4.69, 9.17) is 11.6 Å². The molecule has 0 bridgehead atoms. The molecule has 0 amide bonds. The summed E-state index contributed by atoms with van der Waals surface area (Å²) in [5.41, 5.74) is 1.77. The van der Waals surface area contributed by atoms with Crippen molar-refractivity contribution in [3.63, 3.8) is 0 Å². The van der Waals surface area contributed by atoms with Crippen molar-refractivity contribution in [2.45, 2.75) is 39.5 Å². The van der Waals surface area contributed by atoms with Gasteiger partial charge in [-0.05, 0) is 36.9 Å². The second-order valence-corrected chi connectivity index (χ2v) is 5.13. The zero-order valence-electron chi connectivity index (χ0n) is 10.2. The molecule has 88 valence electrons. The van der Waals surface area contributed by atoms with Crippen LogP contribution in [0.5, 0.6) is 0 Å². The first-order chi connectivity index (χ1) is 7.15. The Morgan fingerprint density at radius 1 is 1.27 bits per heavy atom. The molecular weight excluding hydrogens is 206 g/mol. The molecule has 0 spiro atoms. The van der Waals surface area contributed by atoms with E-state index in [9.17, 15) is 0 Å². The van der Waals surface area contributed by atoms with E-state index in [0.717, 1.165) is 12.1 Å². The summed E-state index contributed by atoms with van der Waals surface area (Å²) in [4.78, 5) is 2.49. The van der Waals surface area contributed by atoms with Gasteiger partial charge in [-0.3, -0.25) is 4.90 Å². The Kier molecular flexibility index (Phi) is 5.14. The molecule has 0 atom stereocenters. The summed E-state index contributed by atoms with van der Waals surface area (Å²) >= 11 is 5.76. The lowest BCUT2D eigenvalue weighted by Crippen LogP contribution is -2.40. The third-order valence-electron chi connectivity index (χ3n) is 4.05. The number of hydrogen-bond donors (Lipinski definition) is 0. The van der Waals surface area contributed by atoms with Gasteiger partial charge >= 0.3 is 0 Å². The van der Waals surface area contributed by atoms with Crippen molar-refractivity contribution in [2.75, 3.05) is 25.5 Å². The fourth-order valence-corrected chi connectivity index (χ4v) is 2.59. The first-order valence-corrected chi connectivity index (χ1v) is 6.64. The Bertz CT molecular complexity index is 199. The van der Waals surface area contributed by atoms with Crippen molar-refractivity contribution in [3.8, 4) is 0 Å². The third kappa shape index (κ3) is 3.49. The van der Waals surface area contributed by atoms with E-state index in [0.29, 0.717) is 11.3 Å². The fourth-order valence-electron chi connectivity index (χ4n) is 2.50. The molecule has 1 heterocycles. The lowest BCUT2D eigenvalue weighted by Gasteiger charge is -2.41. The lowest BCUT2D eigenvalue weighted by atomic mass is 9.74. The van der Waals surface area contributed by atoms with E-state index >= 15 is 0 Å². The Hall–Kier alpha value is -0.0100. The quantitative estimate of drug-likeness (QED) is 0.514. The van der Waals surface area contributed by atoms with Crippen molar-refractivity contribution >= 4 is 11.6 Å². The van der Waals surface area contributed by atoms with Gasteiger partial charge in [-0.2, -0.15) is 0 Å². The van der Waals surface area contributed by atoms with Crippen LogP contribution in [0.25, 0.3) is 0 Å². The molecule has 1 saturated heterocycles. The Morgan fingerprint density at radius 2 is 1.80 bits per heavy atom. The summed E-state index contributed by atoms with van der Waals surface area (Å²) in [7, 11) is 0. The standard InChI is InChI=1S/C13H24ClN/c1-4-13(5-2)6-8-15(9-7-13)11-12(3)10-14/h3-11H2,1-2H3. The average molecular weight is 230 g/mol. The maximum absolute atomic E-state index is 5.76. The summed E-state index contributed by atoms with van der Waals surface area (Å²) in [6.45, 7) is 12.1. The van der Waals surface area contributed by atoms with E-state index in [-0.39, 0.29) is 0 Å². The molecule has 2 heteroatoms. The molecular formula is C13H24ClN. The van der Waals surface area contributed by atoms with Gasteiger partial charge in [-0.1, -0.05) is 33.3 Å². The van der Waals surface area contributed by atoms with Gasteiger partial charge in [-0.25, -0.2) is 0 Å². The van der Waals surface area contributed by atoms with Crippen LogP contribution in [0.15, 0.2) is 12.2 Å². The lowest BCUT2D eigenvalue weighted by molar-refractivity contribution is 0.102. The van der Waals surface area contributed by atoms with Crippen LogP contribution in [0.1, 0.15) is 39.5 Å². The van der Waals surface area contributed by atoms with Crippen molar-refractivity contribution in [1.82, 2.24) is 4.90 Å². The molecule has 1 rings (SSSR count). The van der Waals surface area contributed by atoms with Crippen molar-refractivity contribution < 1.29 is 0 Å². The molecule has 1 fully saturated rings. The van der Waals surface area contributed by atoms with E-state index in [2.05, 4.69) is 25.3 Å². The van der Waals surface area contributed by atoms with E-state index < -0.39 is 0 Å². The van der Waals surface area contributed by atoms with Crippen LogP contribution in [0.2, 0.25) is 0 Å². The molecule has 0 aromatic carbocycles. The molecule has 0 aromatic heterocycles. The Morgan fingerprint density at radius 3 is 2.20 bits per heavy atom. The molecule has 0 aromatic rings. The minimum absolute atomic E-state index is 0.600. The maximum atomic E-state index is 5.76. The van der Waals surface area contributed by atoms with Crippen molar-refractivity contribution in [3.05, 3.63) is 12.2 Å². The summed E-state index contributed by atoms with van der Waals surface area (Å²) in [5.74, 6) is 0.600. The maximum Gasteiger partial charge on any atom is 0.0443 e. The molecule has 1 nitrogen and oxygen atoms in total. The van der Waals surface area contributed by atoms with E-state index in [1.807, 2.05) is 0 Å². The summed E-state index contributed by atoms with van der Waals surface area (Å²) < 4.78 is 0. The number of halogens is 1. The second-order valence-electron chi connectivity index (χ2n) is 4.87. The molecule has 0 aliphatic carbocycles. The van der Waals surface area contributed by atoms with Gasteiger partial charge in [0, 0.05) is 12.4 Å². The van der Waals surface area contributed by atoms with Crippen LogP contribution in [0, 0.1) is 5.41 Å². The zero-order chi connectivity index (χ0) is 11.3. The van der Waals surface area contributed by atoms with Gasteiger partial charge in [0.25, 0.3) is 0 Å². The number of nitrogens with zero attached hydrogens (tertiary/aromatic N) is 1. The van der Waals surface area contributed by atoms with Crippen LogP contribution in [-0.2, 0) is 0 Å². The Balaban J connectivity index is 2.38. The van der Waals surface area contributed by atoms with E-state index in [1.165, 1.54) is 38.8 Å². The smallest absolute Gasteiger partial charge is 0.0443 e. The first-order valence-electron chi connectivity index (χ1n) is 6.11. The molecule has 0 N–H and O–H groups in total. The van der Waals surface area contributed by atoms with Crippen LogP contribution in [0.4, 0.5) is 0 Å². The van der Waals surface area contributed by atoms with Gasteiger partial charge in [0.15, 0.2) is 0 Å². The highest BCUT2D eigenvalue weighted by atomic mass is 35.5. The minimum Gasteiger partial charge on any atom is -0.299 e. The monoisotopic (exact) mass is 229 g/mol. The molecule has 1 aliphatic rings. The van der Waals surface area contributed by atoms with Gasteiger partial charge in [0.05, 0.1) is 0 Å². The molecule has 0 unspecified atom stereocenters. The van der Waals surface area contributed by atoms with Gasteiger partial charge in [0.1, 0.15) is 0 Å². The zero-order valence-corrected chi connectivity index (χ0v) is 10.9. The fraction of sp³-hybridized carbons (Fsp3) is 0.846. The number of likely N-dealkylation sites (tertiary alicyclic amines) is 1. The first kappa shape index (κ1) is 13.1. The summed E-state index contributed by atoms with van der Waals surface area (Å²) in [6.07, 6.45) is 5.34. The van der Waals surface area contributed by atoms with Crippen LogP contribution >= 0.6 is 11.6 Å². The van der Waals surface area contributed by atoms with Crippen LogP contribution < -0.4 is 0 Å². The highest BCUT2D eigenvalue weighted by Gasteiger charge is 2.30. The molecule has 0 saturated carbocycles. The van der Waals surface area contributed by atoms with E-state index in [1.54, 1.807) is 0 Å². The van der Waals surface area contributed by atoms with Crippen molar-refractivity contribution in [2.24, 2.45) is 5.41 Å². The van der Waals surface area contributed by atoms with Crippen molar-refractivity contribution in [1.29, 1.82) is 0 Å². The SMILES string of the molecule is C=C(CCl)CN1CCC(CC)(CC)CC1. The number of piperidine rings is 1. The largest absolute Gasteiger partial charge is 0.299 e. The number of rotatable bonds is 5. The number of hydrogen-bond acceptors (Lipinski definition) is 1. The van der Waals surface area contributed by atoms with Gasteiger partial charge in [-0.15, -0.1) is 11.6 Å².